The average molecular weight is 277 g/mol. The molecule has 0 spiro atoms. The minimum absolute atomic E-state index is 0.0368. The summed E-state index contributed by atoms with van der Waals surface area (Å²) < 4.78 is 11.0. The average Bonchev–Trinajstić information content (AvgIpc) is 2.84. The number of carbonyl (C=O) groups is 1. The summed E-state index contributed by atoms with van der Waals surface area (Å²) in [5.74, 6) is 0.475. The Labute approximate surface area is 117 Å². The molecule has 3 N–H and O–H groups in total. The normalized spacial score (nSPS) is 24.8. The van der Waals surface area contributed by atoms with Gasteiger partial charge in [-0.25, -0.2) is 0 Å². The van der Waals surface area contributed by atoms with Gasteiger partial charge in [0.25, 0.3) is 5.91 Å². The van der Waals surface area contributed by atoms with Crippen molar-refractivity contribution in [2.75, 3.05) is 36.2 Å². The SMILES string of the molecule is CC1OCCC1N(C)c1cc2c(cc1N)OCC(=O)N2. The van der Waals surface area contributed by atoms with Crippen molar-refractivity contribution in [1.82, 2.24) is 0 Å². The molecule has 0 radical (unpaired) electrons. The fraction of sp³-hybridized carbons (Fsp3) is 0.500. The third-order valence-electron chi connectivity index (χ3n) is 3.98. The van der Waals surface area contributed by atoms with E-state index in [-0.39, 0.29) is 24.7 Å². The van der Waals surface area contributed by atoms with Crippen molar-refractivity contribution in [2.45, 2.75) is 25.5 Å². The highest BCUT2D eigenvalue weighted by Crippen LogP contribution is 2.38. The third kappa shape index (κ3) is 2.16. The Hall–Kier alpha value is -1.95. The Morgan fingerprint density at radius 1 is 1.45 bits per heavy atom. The van der Waals surface area contributed by atoms with Gasteiger partial charge in [-0.3, -0.25) is 4.79 Å². The van der Waals surface area contributed by atoms with Crippen LogP contribution in [-0.2, 0) is 9.53 Å². The number of ether oxygens (including phenoxy) is 2. The van der Waals surface area contributed by atoms with E-state index in [2.05, 4.69) is 17.1 Å². The maximum Gasteiger partial charge on any atom is 0.262 e. The number of carbonyl (C=O) groups excluding carboxylic acids is 1. The number of rotatable bonds is 2. The zero-order valence-corrected chi connectivity index (χ0v) is 11.7. The lowest BCUT2D eigenvalue weighted by Gasteiger charge is -2.31. The van der Waals surface area contributed by atoms with Crippen LogP contribution in [0.15, 0.2) is 12.1 Å². The number of nitrogens with zero attached hydrogens (tertiary/aromatic N) is 1. The minimum Gasteiger partial charge on any atom is -0.482 e. The largest absolute Gasteiger partial charge is 0.482 e. The zero-order chi connectivity index (χ0) is 14.3. The van der Waals surface area contributed by atoms with Crippen molar-refractivity contribution in [3.63, 3.8) is 0 Å². The van der Waals surface area contributed by atoms with Gasteiger partial charge in [0, 0.05) is 19.7 Å². The topological polar surface area (TPSA) is 76.8 Å². The molecule has 2 unspecified atom stereocenters. The van der Waals surface area contributed by atoms with E-state index < -0.39 is 0 Å². The van der Waals surface area contributed by atoms with E-state index in [0.717, 1.165) is 18.7 Å². The van der Waals surface area contributed by atoms with Crippen LogP contribution in [0.3, 0.4) is 0 Å². The lowest BCUT2D eigenvalue weighted by molar-refractivity contribution is -0.118. The Kier molecular flexibility index (Phi) is 3.17. The van der Waals surface area contributed by atoms with Gasteiger partial charge in [-0.15, -0.1) is 0 Å². The molecule has 1 aromatic carbocycles. The van der Waals surface area contributed by atoms with Crippen LogP contribution >= 0.6 is 0 Å². The van der Waals surface area contributed by atoms with Crippen LogP contribution < -0.4 is 20.7 Å². The van der Waals surface area contributed by atoms with Gasteiger partial charge in [-0.05, 0) is 19.4 Å². The Balaban J connectivity index is 1.93. The summed E-state index contributed by atoms with van der Waals surface area (Å²) in [7, 11) is 2.00. The van der Waals surface area contributed by atoms with Crippen LogP contribution in [0, 0.1) is 0 Å². The number of nitrogens with two attached hydrogens (primary N) is 1. The fourth-order valence-electron chi connectivity index (χ4n) is 2.84. The second-order valence-corrected chi connectivity index (χ2v) is 5.29. The molecule has 1 aromatic rings. The minimum atomic E-state index is -0.145. The molecule has 20 heavy (non-hydrogen) atoms. The highest BCUT2D eigenvalue weighted by Gasteiger charge is 2.30. The molecule has 3 rings (SSSR count). The number of hydrogen-bond acceptors (Lipinski definition) is 5. The number of fused-ring (bicyclic) bond motifs is 1. The summed E-state index contributed by atoms with van der Waals surface area (Å²) in [6.07, 6.45) is 1.14. The molecule has 1 saturated heterocycles. The summed E-state index contributed by atoms with van der Waals surface area (Å²) >= 11 is 0. The Morgan fingerprint density at radius 2 is 2.25 bits per heavy atom. The van der Waals surface area contributed by atoms with Gasteiger partial charge in [-0.1, -0.05) is 0 Å². The smallest absolute Gasteiger partial charge is 0.262 e. The highest BCUT2D eigenvalue weighted by molar-refractivity contribution is 5.97. The van der Waals surface area contributed by atoms with Crippen LogP contribution in [0.25, 0.3) is 0 Å². The van der Waals surface area contributed by atoms with Gasteiger partial charge in [0.05, 0.1) is 29.2 Å². The zero-order valence-electron chi connectivity index (χ0n) is 11.7. The van der Waals surface area contributed by atoms with Crippen LogP contribution in [0.5, 0.6) is 5.75 Å². The molecule has 108 valence electrons. The monoisotopic (exact) mass is 277 g/mol. The van der Waals surface area contributed by atoms with Crippen molar-refractivity contribution >= 4 is 23.0 Å². The quantitative estimate of drug-likeness (QED) is 0.795. The van der Waals surface area contributed by atoms with Gasteiger partial charge >= 0.3 is 0 Å². The maximum absolute atomic E-state index is 11.4. The molecule has 6 heteroatoms. The highest BCUT2D eigenvalue weighted by atomic mass is 16.5. The van der Waals surface area contributed by atoms with E-state index in [0.29, 0.717) is 17.1 Å². The lowest BCUT2D eigenvalue weighted by Crippen LogP contribution is -2.37. The van der Waals surface area contributed by atoms with Crippen molar-refractivity contribution in [3.8, 4) is 5.75 Å². The molecule has 6 nitrogen and oxygen atoms in total. The van der Waals surface area contributed by atoms with E-state index in [1.165, 1.54) is 0 Å². The molecule has 2 aliphatic rings. The number of likely N-dealkylation sites (N-methyl/N-ethyl adjacent to an activating group) is 1. The molecule has 1 fully saturated rings. The number of anilines is 3. The predicted molar refractivity (Wildman–Crippen MR) is 77.2 cm³/mol. The van der Waals surface area contributed by atoms with Crippen LogP contribution in [0.2, 0.25) is 0 Å². The molecule has 2 aliphatic heterocycles. The number of nitrogen functional groups attached to an aromatic ring is 1. The summed E-state index contributed by atoms with van der Waals surface area (Å²) in [4.78, 5) is 13.5. The van der Waals surface area contributed by atoms with Crippen molar-refractivity contribution in [3.05, 3.63) is 12.1 Å². The molecule has 0 saturated carbocycles. The Morgan fingerprint density at radius 3 is 2.95 bits per heavy atom. The molecule has 0 bridgehead atoms. The Bertz CT molecular complexity index is 547. The first-order chi connectivity index (χ1) is 9.56. The molecule has 0 aromatic heterocycles. The second kappa shape index (κ2) is 4.86. The number of nitrogens with one attached hydrogen (secondary N) is 1. The number of benzene rings is 1. The molecule has 2 heterocycles. The second-order valence-electron chi connectivity index (χ2n) is 5.29. The van der Waals surface area contributed by atoms with Crippen molar-refractivity contribution in [1.29, 1.82) is 0 Å². The molecule has 2 atom stereocenters. The summed E-state index contributed by atoms with van der Waals surface area (Å²) in [5, 5.41) is 2.81. The molecule has 1 amide bonds. The third-order valence-corrected chi connectivity index (χ3v) is 3.98. The lowest BCUT2D eigenvalue weighted by atomic mass is 10.1. The van der Waals surface area contributed by atoms with E-state index in [4.69, 9.17) is 15.2 Å². The first-order valence-corrected chi connectivity index (χ1v) is 6.77. The van der Waals surface area contributed by atoms with E-state index in [1.807, 2.05) is 13.1 Å². The van der Waals surface area contributed by atoms with Gasteiger partial charge < -0.3 is 25.4 Å². The summed E-state index contributed by atoms with van der Waals surface area (Å²) in [5.41, 5.74) is 8.31. The first-order valence-electron chi connectivity index (χ1n) is 6.77. The summed E-state index contributed by atoms with van der Waals surface area (Å²) in [6, 6.07) is 3.92. The van der Waals surface area contributed by atoms with E-state index in [9.17, 15) is 4.79 Å². The van der Waals surface area contributed by atoms with Crippen LogP contribution in [-0.4, -0.2) is 38.3 Å². The van der Waals surface area contributed by atoms with Gasteiger partial charge in [0.15, 0.2) is 6.61 Å². The van der Waals surface area contributed by atoms with E-state index in [1.54, 1.807) is 6.07 Å². The number of hydrogen-bond donors (Lipinski definition) is 2. The van der Waals surface area contributed by atoms with Crippen molar-refractivity contribution in [2.24, 2.45) is 0 Å². The van der Waals surface area contributed by atoms with Crippen LogP contribution in [0.4, 0.5) is 17.1 Å². The summed E-state index contributed by atoms with van der Waals surface area (Å²) in [6.45, 7) is 2.86. The molecular weight excluding hydrogens is 258 g/mol. The first kappa shape index (κ1) is 13.1. The fourth-order valence-corrected chi connectivity index (χ4v) is 2.84. The predicted octanol–water partition coefficient (Wildman–Crippen LogP) is 1.21. The van der Waals surface area contributed by atoms with Gasteiger partial charge in [-0.2, -0.15) is 0 Å². The van der Waals surface area contributed by atoms with Gasteiger partial charge in [0.2, 0.25) is 0 Å². The molecular formula is C14H19N3O3. The van der Waals surface area contributed by atoms with Crippen LogP contribution in [0.1, 0.15) is 13.3 Å². The van der Waals surface area contributed by atoms with Crippen molar-refractivity contribution < 1.29 is 14.3 Å². The number of amides is 1. The maximum atomic E-state index is 11.4. The standard InChI is InChI=1S/C14H19N3O3/c1-8-11(3-4-19-8)17(2)12-6-10-13(5-9(12)15)20-7-14(18)16-10/h5-6,8,11H,3-4,7,15H2,1-2H3,(H,16,18). The van der Waals surface area contributed by atoms with Gasteiger partial charge in [0.1, 0.15) is 5.75 Å². The van der Waals surface area contributed by atoms with E-state index >= 15 is 0 Å². The molecule has 0 aliphatic carbocycles.